The van der Waals surface area contributed by atoms with Gasteiger partial charge in [0.25, 0.3) is 0 Å². The van der Waals surface area contributed by atoms with Gasteiger partial charge in [-0.05, 0) is 26.1 Å². The van der Waals surface area contributed by atoms with E-state index in [0.717, 1.165) is 25.4 Å². The molecule has 1 aliphatic rings. The summed E-state index contributed by atoms with van der Waals surface area (Å²) in [6.45, 7) is 5.29. The molecule has 0 amide bonds. The van der Waals surface area contributed by atoms with E-state index < -0.39 is 0 Å². The second-order valence-corrected chi connectivity index (χ2v) is 3.85. The standard InChI is InChI=1S/C10H16N2O/c1-10(9-4-3-7-13-9)8-11-5-6-12(10)2/h3-4,7,11H,5-6,8H2,1-2H3. The minimum absolute atomic E-state index is 0.0156. The summed E-state index contributed by atoms with van der Waals surface area (Å²) in [6.07, 6.45) is 1.74. The van der Waals surface area contributed by atoms with Crippen LogP contribution in [0.5, 0.6) is 0 Å². The minimum Gasteiger partial charge on any atom is -0.467 e. The molecule has 1 aromatic rings. The number of nitrogens with one attached hydrogen (secondary N) is 1. The largest absolute Gasteiger partial charge is 0.467 e. The molecule has 2 heterocycles. The van der Waals surface area contributed by atoms with Crippen molar-refractivity contribution in [3.8, 4) is 0 Å². The summed E-state index contributed by atoms with van der Waals surface area (Å²) in [5.41, 5.74) is 0.0156. The van der Waals surface area contributed by atoms with Crippen LogP contribution in [-0.2, 0) is 5.54 Å². The second-order valence-electron chi connectivity index (χ2n) is 3.85. The van der Waals surface area contributed by atoms with Crippen molar-refractivity contribution in [1.29, 1.82) is 0 Å². The molecule has 1 saturated heterocycles. The molecule has 0 radical (unpaired) electrons. The summed E-state index contributed by atoms with van der Waals surface area (Å²) in [6, 6.07) is 3.99. The molecule has 0 aromatic carbocycles. The van der Waals surface area contributed by atoms with Crippen molar-refractivity contribution in [2.75, 3.05) is 26.7 Å². The fourth-order valence-electron chi connectivity index (χ4n) is 1.82. The van der Waals surface area contributed by atoms with Gasteiger partial charge in [0, 0.05) is 19.6 Å². The summed E-state index contributed by atoms with van der Waals surface area (Å²) in [5, 5.41) is 3.39. The number of hydrogen-bond acceptors (Lipinski definition) is 3. The highest BCUT2D eigenvalue weighted by molar-refractivity contribution is 5.13. The van der Waals surface area contributed by atoms with Gasteiger partial charge in [0.1, 0.15) is 5.76 Å². The second kappa shape index (κ2) is 3.16. The van der Waals surface area contributed by atoms with Gasteiger partial charge in [-0.1, -0.05) is 0 Å². The van der Waals surface area contributed by atoms with Gasteiger partial charge in [-0.3, -0.25) is 4.90 Å². The molecule has 1 unspecified atom stereocenters. The molecule has 3 nitrogen and oxygen atoms in total. The van der Waals surface area contributed by atoms with Crippen LogP contribution < -0.4 is 5.32 Å². The van der Waals surface area contributed by atoms with Gasteiger partial charge in [-0.2, -0.15) is 0 Å². The molecule has 0 bridgehead atoms. The van der Waals surface area contributed by atoms with Crippen molar-refractivity contribution in [2.24, 2.45) is 0 Å². The summed E-state index contributed by atoms with van der Waals surface area (Å²) in [7, 11) is 2.14. The molecule has 72 valence electrons. The minimum atomic E-state index is 0.0156. The molecule has 3 heteroatoms. The summed E-state index contributed by atoms with van der Waals surface area (Å²) in [5.74, 6) is 1.04. The first-order valence-electron chi connectivity index (χ1n) is 4.69. The van der Waals surface area contributed by atoms with E-state index in [9.17, 15) is 0 Å². The highest BCUT2D eigenvalue weighted by atomic mass is 16.3. The summed E-state index contributed by atoms with van der Waals surface area (Å²) >= 11 is 0. The average molecular weight is 180 g/mol. The van der Waals surface area contributed by atoms with Crippen molar-refractivity contribution >= 4 is 0 Å². The molecule has 1 aliphatic heterocycles. The third-order valence-electron chi connectivity index (χ3n) is 2.99. The van der Waals surface area contributed by atoms with Crippen LogP contribution in [0.25, 0.3) is 0 Å². The first kappa shape index (κ1) is 8.78. The van der Waals surface area contributed by atoms with Gasteiger partial charge in [-0.25, -0.2) is 0 Å². The molecule has 1 fully saturated rings. The average Bonchev–Trinajstić information content (AvgIpc) is 2.63. The predicted octanol–water partition coefficient (Wildman–Crippen LogP) is 1.03. The molecule has 1 atom stereocenters. The molecule has 0 spiro atoms. The number of hydrogen-bond donors (Lipinski definition) is 1. The van der Waals surface area contributed by atoms with E-state index in [4.69, 9.17) is 4.42 Å². The van der Waals surface area contributed by atoms with Crippen LogP contribution in [0, 0.1) is 0 Å². The van der Waals surface area contributed by atoms with Crippen LogP contribution in [0.2, 0.25) is 0 Å². The van der Waals surface area contributed by atoms with Crippen molar-refractivity contribution < 1.29 is 4.42 Å². The molecule has 1 aromatic heterocycles. The van der Waals surface area contributed by atoms with Gasteiger partial charge in [0.05, 0.1) is 11.8 Å². The zero-order valence-electron chi connectivity index (χ0n) is 8.21. The molecule has 0 saturated carbocycles. The number of piperazine rings is 1. The van der Waals surface area contributed by atoms with E-state index in [0.29, 0.717) is 0 Å². The van der Waals surface area contributed by atoms with E-state index in [1.807, 2.05) is 12.1 Å². The Bertz CT molecular complexity index is 270. The van der Waals surface area contributed by atoms with E-state index >= 15 is 0 Å². The maximum Gasteiger partial charge on any atom is 0.125 e. The highest BCUT2D eigenvalue weighted by Gasteiger charge is 2.35. The smallest absolute Gasteiger partial charge is 0.125 e. The Balaban J connectivity index is 2.27. The van der Waals surface area contributed by atoms with Crippen molar-refractivity contribution in [2.45, 2.75) is 12.5 Å². The maximum atomic E-state index is 5.46. The Kier molecular flexibility index (Phi) is 2.14. The van der Waals surface area contributed by atoms with Gasteiger partial charge in [0.2, 0.25) is 0 Å². The molecule has 0 aliphatic carbocycles. The molecular weight excluding hydrogens is 164 g/mol. The summed E-state index contributed by atoms with van der Waals surface area (Å²) < 4.78 is 5.46. The third kappa shape index (κ3) is 1.38. The van der Waals surface area contributed by atoms with E-state index in [1.165, 1.54) is 0 Å². The van der Waals surface area contributed by atoms with Crippen LogP contribution in [-0.4, -0.2) is 31.6 Å². The SMILES string of the molecule is CN1CCNCC1(C)c1ccco1. The molecule has 2 rings (SSSR count). The van der Waals surface area contributed by atoms with Gasteiger partial charge in [0.15, 0.2) is 0 Å². The summed E-state index contributed by atoms with van der Waals surface area (Å²) in [4.78, 5) is 2.34. The Hall–Kier alpha value is -0.800. The number of likely N-dealkylation sites (N-methyl/N-ethyl adjacent to an activating group) is 1. The maximum absolute atomic E-state index is 5.46. The Morgan fingerprint density at radius 1 is 1.62 bits per heavy atom. The number of nitrogens with zero attached hydrogens (tertiary/aromatic N) is 1. The van der Waals surface area contributed by atoms with E-state index in [-0.39, 0.29) is 5.54 Å². The quantitative estimate of drug-likeness (QED) is 0.699. The third-order valence-corrected chi connectivity index (χ3v) is 2.99. The topological polar surface area (TPSA) is 28.4 Å². The Labute approximate surface area is 78.7 Å². The van der Waals surface area contributed by atoms with Crippen LogP contribution in [0.15, 0.2) is 22.8 Å². The van der Waals surface area contributed by atoms with E-state index in [1.54, 1.807) is 6.26 Å². The lowest BCUT2D eigenvalue weighted by Gasteiger charge is -2.41. The zero-order valence-corrected chi connectivity index (χ0v) is 8.21. The fraction of sp³-hybridized carbons (Fsp3) is 0.600. The highest BCUT2D eigenvalue weighted by Crippen LogP contribution is 2.28. The molecular formula is C10H16N2O. The fourth-order valence-corrected chi connectivity index (χ4v) is 1.82. The normalized spacial score (nSPS) is 30.6. The number of furan rings is 1. The van der Waals surface area contributed by atoms with Crippen LogP contribution in [0.4, 0.5) is 0 Å². The van der Waals surface area contributed by atoms with Gasteiger partial charge >= 0.3 is 0 Å². The van der Waals surface area contributed by atoms with E-state index in [2.05, 4.69) is 24.2 Å². The Morgan fingerprint density at radius 2 is 2.46 bits per heavy atom. The van der Waals surface area contributed by atoms with Crippen molar-refractivity contribution in [3.63, 3.8) is 0 Å². The van der Waals surface area contributed by atoms with Crippen LogP contribution >= 0.6 is 0 Å². The lowest BCUT2D eigenvalue weighted by molar-refractivity contribution is 0.0815. The lowest BCUT2D eigenvalue weighted by Crippen LogP contribution is -2.55. The van der Waals surface area contributed by atoms with Crippen molar-refractivity contribution in [3.05, 3.63) is 24.2 Å². The molecule has 13 heavy (non-hydrogen) atoms. The first-order valence-corrected chi connectivity index (χ1v) is 4.69. The van der Waals surface area contributed by atoms with Crippen molar-refractivity contribution in [1.82, 2.24) is 10.2 Å². The predicted molar refractivity (Wildman–Crippen MR) is 51.6 cm³/mol. The monoisotopic (exact) mass is 180 g/mol. The van der Waals surface area contributed by atoms with Crippen LogP contribution in [0.3, 0.4) is 0 Å². The van der Waals surface area contributed by atoms with Crippen LogP contribution in [0.1, 0.15) is 12.7 Å². The Morgan fingerprint density at radius 3 is 3.08 bits per heavy atom. The lowest BCUT2D eigenvalue weighted by atomic mass is 9.95. The van der Waals surface area contributed by atoms with Gasteiger partial charge < -0.3 is 9.73 Å². The first-order chi connectivity index (χ1) is 6.23. The van der Waals surface area contributed by atoms with Gasteiger partial charge in [-0.15, -0.1) is 0 Å². The molecule has 1 N–H and O–H groups in total. The zero-order chi connectivity index (χ0) is 9.31. The number of rotatable bonds is 1.